The summed E-state index contributed by atoms with van der Waals surface area (Å²) in [7, 11) is -4.88. The molecule has 0 aliphatic carbocycles. The fourth-order valence-electron chi connectivity index (χ4n) is 1.37. The van der Waals surface area contributed by atoms with Crippen LogP contribution in [-0.2, 0) is 10.0 Å². The average Bonchev–Trinajstić information content (AvgIpc) is 2.34. The molecule has 0 aliphatic heterocycles. The summed E-state index contributed by atoms with van der Waals surface area (Å²) in [6.07, 6.45) is 0. The molecule has 20 heavy (non-hydrogen) atoms. The van der Waals surface area contributed by atoms with E-state index in [0.29, 0.717) is 0 Å². The monoisotopic (exact) mass is 315 g/mol. The molecule has 10 heteroatoms. The van der Waals surface area contributed by atoms with Gasteiger partial charge < -0.3 is 15.3 Å². The Labute approximate surface area is 112 Å². The van der Waals surface area contributed by atoms with Crippen LogP contribution in [0, 0.1) is 17.5 Å². The number of rotatable bonds is 6. The van der Waals surface area contributed by atoms with Crippen molar-refractivity contribution in [3.63, 3.8) is 0 Å². The smallest absolute Gasteiger partial charge is 0.247 e. The number of hydrogen-bond acceptors (Lipinski definition) is 5. The normalized spacial score (nSPS) is 12.7. The molecule has 4 N–H and O–H groups in total. The van der Waals surface area contributed by atoms with Gasteiger partial charge in [-0.2, -0.15) is 4.72 Å². The van der Waals surface area contributed by atoms with Gasteiger partial charge in [0.1, 0.15) is 23.0 Å². The van der Waals surface area contributed by atoms with Crippen LogP contribution in [-0.4, -0.2) is 49.1 Å². The highest BCUT2D eigenvalue weighted by Gasteiger charge is 2.36. The van der Waals surface area contributed by atoms with Crippen LogP contribution in [0.3, 0.4) is 0 Å². The minimum Gasteiger partial charge on any atom is -0.394 e. The van der Waals surface area contributed by atoms with Gasteiger partial charge in [0.25, 0.3) is 0 Å². The van der Waals surface area contributed by atoms with Crippen molar-refractivity contribution in [3.05, 3.63) is 29.6 Å². The van der Waals surface area contributed by atoms with Gasteiger partial charge in [0.05, 0.1) is 19.8 Å². The molecule has 0 unspecified atom stereocenters. The maximum Gasteiger partial charge on any atom is 0.247 e. The molecular weight excluding hydrogens is 303 g/mol. The molecule has 0 bridgehead atoms. The molecule has 1 rings (SSSR count). The molecule has 0 spiro atoms. The molecule has 0 aliphatic rings. The van der Waals surface area contributed by atoms with Crippen LogP contribution < -0.4 is 4.72 Å². The van der Waals surface area contributed by atoms with Crippen LogP contribution in [0.25, 0.3) is 0 Å². The van der Waals surface area contributed by atoms with Crippen LogP contribution >= 0.6 is 0 Å². The van der Waals surface area contributed by atoms with Crippen molar-refractivity contribution < 1.29 is 36.9 Å². The second kappa shape index (κ2) is 6.06. The van der Waals surface area contributed by atoms with Gasteiger partial charge in [-0.1, -0.05) is 0 Å². The molecule has 0 saturated carbocycles. The summed E-state index contributed by atoms with van der Waals surface area (Å²) in [5, 5.41) is 26.9. The second-order valence-electron chi connectivity index (χ2n) is 4.06. The summed E-state index contributed by atoms with van der Waals surface area (Å²) in [5.74, 6) is -4.67. The van der Waals surface area contributed by atoms with Crippen LogP contribution in [0.1, 0.15) is 0 Å². The highest BCUT2D eigenvalue weighted by atomic mass is 32.2. The van der Waals surface area contributed by atoms with E-state index in [2.05, 4.69) is 0 Å². The van der Waals surface area contributed by atoms with Crippen LogP contribution in [0.4, 0.5) is 13.2 Å². The molecule has 0 amide bonds. The molecule has 114 valence electrons. The first-order valence-corrected chi connectivity index (χ1v) is 6.71. The van der Waals surface area contributed by atoms with Gasteiger partial charge in [0.2, 0.25) is 10.0 Å². The fraction of sp³-hybridized carbons (Fsp3) is 0.400. The van der Waals surface area contributed by atoms with Gasteiger partial charge in [-0.25, -0.2) is 21.6 Å². The van der Waals surface area contributed by atoms with Crippen molar-refractivity contribution in [3.8, 4) is 0 Å². The van der Waals surface area contributed by atoms with Crippen LogP contribution in [0.15, 0.2) is 17.0 Å². The minimum atomic E-state index is -4.88. The van der Waals surface area contributed by atoms with Crippen molar-refractivity contribution in [2.75, 3.05) is 19.8 Å². The van der Waals surface area contributed by atoms with Crippen LogP contribution in [0.2, 0.25) is 0 Å². The first-order chi connectivity index (χ1) is 9.21. The van der Waals surface area contributed by atoms with Gasteiger partial charge in [-0.3, -0.25) is 0 Å². The SMILES string of the molecule is O=S(=O)(NC(CO)(CO)CO)c1c(F)cc(F)cc1F. The molecule has 6 nitrogen and oxygen atoms in total. The number of hydrogen-bond donors (Lipinski definition) is 4. The predicted octanol–water partition coefficient (Wildman–Crippen LogP) is -0.902. The Morgan fingerprint density at radius 1 is 1.00 bits per heavy atom. The minimum absolute atomic E-state index is 0.163. The lowest BCUT2D eigenvalue weighted by molar-refractivity contribution is 0.0581. The van der Waals surface area contributed by atoms with E-state index in [9.17, 15) is 21.6 Å². The van der Waals surface area contributed by atoms with Crippen LogP contribution in [0.5, 0.6) is 0 Å². The number of sulfonamides is 1. The summed E-state index contributed by atoms with van der Waals surface area (Å²) >= 11 is 0. The summed E-state index contributed by atoms with van der Waals surface area (Å²) in [5.41, 5.74) is -2.11. The third kappa shape index (κ3) is 3.27. The molecule has 0 radical (unpaired) electrons. The van der Waals surface area contributed by atoms with E-state index in [1.54, 1.807) is 4.72 Å². The quantitative estimate of drug-likeness (QED) is 0.544. The summed E-state index contributed by atoms with van der Waals surface area (Å²) in [6.45, 7) is -3.07. The van der Waals surface area contributed by atoms with E-state index in [1.165, 1.54) is 0 Å². The number of nitrogens with one attached hydrogen (secondary N) is 1. The molecule has 0 aromatic heterocycles. The zero-order valence-corrected chi connectivity index (χ0v) is 10.8. The van der Waals surface area contributed by atoms with E-state index in [4.69, 9.17) is 15.3 Å². The molecular formula is C10H12F3NO5S. The summed E-state index contributed by atoms with van der Waals surface area (Å²) < 4.78 is 64.8. The molecule has 0 heterocycles. The van der Waals surface area contributed by atoms with Crippen molar-refractivity contribution in [1.29, 1.82) is 0 Å². The fourth-order valence-corrected chi connectivity index (χ4v) is 2.87. The molecule has 1 aromatic rings. The number of halogens is 3. The molecule has 0 fully saturated rings. The van der Waals surface area contributed by atoms with Gasteiger partial charge in [0, 0.05) is 12.1 Å². The van der Waals surface area contributed by atoms with Crippen molar-refractivity contribution in [1.82, 2.24) is 4.72 Å². The second-order valence-corrected chi connectivity index (χ2v) is 5.68. The van der Waals surface area contributed by atoms with Crippen molar-refractivity contribution in [2.45, 2.75) is 10.4 Å². The highest BCUT2D eigenvalue weighted by Crippen LogP contribution is 2.21. The van der Waals surface area contributed by atoms with Gasteiger partial charge in [-0.15, -0.1) is 0 Å². The molecule has 0 saturated heterocycles. The average molecular weight is 315 g/mol. The van der Waals surface area contributed by atoms with Gasteiger partial charge in [-0.05, 0) is 0 Å². The zero-order chi connectivity index (χ0) is 15.6. The number of aliphatic hydroxyl groups excluding tert-OH is 3. The van der Waals surface area contributed by atoms with E-state index in [0.717, 1.165) is 0 Å². The standard InChI is InChI=1S/C10H12F3NO5S/c11-6-1-7(12)9(8(13)2-6)20(18,19)14-10(3-15,4-16)5-17/h1-2,14-17H,3-5H2. The van der Waals surface area contributed by atoms with E-state index >= 15 is 0 Å². The van der Waals surface area contributed by atoms with Crippen molar-refractivity contribution >= 4 is 10.0 Å². The topological polar surface area (TPSA) is 107 Å². The zero-order valence-electron chi connectivity index (χ0n) is 9.98. The Morgan fingerprint density at radius 3 is 1.75 bits per heavy atom. The summed E-state index contributed by atoms with van der Waals surface area (Å²) in [4.78, 5) is -1.47. The maximum atomic E-state index is 13.4. The van der Waals surface area contributed by atoms with Gasteiger partial charge >= 0.3 is 0 Å². The van der Waals surface area contributed by atoms with E-state index in [1.807, 2.05) is 0 Å². The Balaban J connectivity index is 3.32. The lowest BCUT2D eigenvalue weighted by Crippen LogP contribution is -2.57. The Kier molecular flexibility index (Phi) is 5.10. The van der Waals surface area contributed by atoms with Gasteiger partial charge in [0.15, 0.2) is 4.90 Å². The van der Waals surface area contributed by atoms with E-state index < -0.39 is 57.7 Å². The highest BCUT2D eigenvalue weighted by molar-refractivity contribution is 7.89. The molecule has 0 atom stereocenters. The Hall–Kier alpha value is -1.20. The predicted molar refractivity (Wildman–Crippen MR) is 60.6 cm³/mol. The van der Waals surface area contributed by atoms with E-state index in [-0.39, 0.29) is 12.1 Å². The lowest BCUT2D eigenvalue weighted by Gasteiger charge is -2.28. The van der Waals surface area contributed by atoms with Crippen molar-refractivity contribution in [2.24, 2.45) is 0 Å². The molecule has 1 aromatic carbocycles. The maximum absolute atomic E-state index is 13.4. The third-order valence-corrected chi connectivity index (χ3v) is 4.12. The first-order valence-electron chi connectivity index (χ1n) is 5.22. The number of benzene rings is 1. The largest absolute Gasteiger partial charge is 0.394 e. The Bertz CT molecular complexity index is 557. The Morgan fingerprint density at radius 2 is 1.40 bits per heavy atom. The third-order valence-electron chi connectivity index (χ3n) is 2.49. The first kappa shape index (κ1) is 16.9. The summed E-state index contributed by atoms with van der Waals surface area (Å²) in [6, 6.07) is 0.326. The lowest BCUT2D eigenvalue weighted by atomic mass is 10.1. The number of aliphatic hydroxyl groups is 3.